The molecule has 1 fully saturated rings. The van der Waals surface area contributed by atoms with Gasteiger partial charge in [0, 0.05) is 11.9 Å². The summed E-state index contributed by atoms with van der Waals surface area (Å²) in [7, 11) is 0. The maximum Gasteiger partial charge on any atom is 0.330 e. The number of para-hydroxylation sites is 1. The average molecular weight is 335 g/mol. The molecule has 1 aliphatic carbocycles. The van der Waals surface area contributed by atoms with Gasteiger partial charge in [-0.05, 0) is 55.2 Å². The van der Waals surface area contributed by atoms with E-state index in [1.807, 2.05) is 42.5 Å². The molecular formula is C21H25N3O. The van der Waals surface area contributed by atoms with E-state index >= 15 is 0 Å². The lowest BCUT2D eigenvalue weighted by Crippen LogP contribution is -2.34. The van der Waals surface area contributed by atoms with Crippen molar-refractivity contribution in [1.29, 1.82) is 0 Å². The molecule has 0 spiro atoms. The van der Waals surface area contributed by atoms with Gasteiger partial charge in [0.2, 0.25) is 0 Å². The summed E-state index contributed by atoms with van der Waals surface area (Å²) in [5, 5.41) is 2.92. The van der Waals surface area contributed by atoms with Gasteiger partial charge in [0.15, 0.2) is 0 Å². The largest absolute Gasteiger partial charge is 0.399 e. The minimum Gasteiger partial charge on any atom is -0.399 e. The Labute approximate surface area is 149 Å². The second-order valence-corrected chi connectivity index (χ2v) is 6.47. The van der Waals surface area contributed by atoms with Crippen molar-refractivity contribution < 1.29 is 4.79 Å². The Morgan fingerprint density at radius 1 is 0.960 bits per heavy atom. The Morgan fingerprint density at radius 3 is 2.28 bits per heavy atom. The maximum atomic E-state index is 12.8. The van der Waals surface area contributed by atoms with Crippen molar-refractivity contribution in [3.63, 3.8) is 0 Å². The number of allylic oxidation sites excluding steroid dienone is 1. The van der Waals surface area contributed by atoms with Crippen LogP contribution in [0.2, 0.25) is 0 Å². The summed E-state index contributed by atoms with van der Waals surface area (Å²) in [5.41, 5.74) is 8.05. The van der Waals surface area contributed by atoms with Crippen LogP contribution < -0.4 is 16.0 Å². The van der Waals surface area contributed by atoms with Crippen LogP contribution in [0.5, 0.6) is 0 Å². The number of carbonyl (C=O) groups is 1. The number of nitrogen functional groups attached to an aromatic ring is 1. The molecule has 0 radical (unpaired) electrons. The molecule has 1 aliphatic rings. The van der Waals surface area contributed by atoms with Crippen LogP contribution in [0.3, 0.4) is 0 Å². The highest BCUT2D eigenvalue weighted by molar-refractivity contribution is 5.99. The summed E-state index contributed by atoms with van der Waals surface area (Å²) in [4.78, 5) is 14.5. The number of urea groups is 1. The van der Waals surface area contributed by atoms with Crippen LogP contribution in [-0.4, -0.2) is 6.03 Å². The predicted molar refractivity (Wildman–Crippen MR) is 104 cm³/mol. The van der Waals surface area contributed by atoms with Gasteiger partial charge in [0.1, 0.15) is 0 Å². The van der Waals surface area contributed by atoms with Crippen LogP contribution in [0.1, 0.15) is 32.1 Å². The molecule has 130 valence electrons. The summed E-state index contributed by atoms with van der Waals surface area (Å²) in [6.07, 6.45) is 10.2. The third-order valence-electron chi connectivity index (χ3n) is 4.59. The highest BCUT2D eigenvalue weighted by atomic mass is 16.2. The summed E-state index contributed by atoms with van der Waals surface area (Å²) < 4.78 is 0. The summed E-state index contributed by atoms with van der Waals surface area (Å²) in [6, 6.07) is 16.7. The van der Waals surface area contributed by atoms with Gasteiger partial charge in [-0.3, -0.25) is 4.90 Å². The SMILES string of the molecule is Nc1ccc(N(C(=O)N/C=C/C2CCCCC2)c2ccccc2)cc1. The molecule has 4 heteroatoms. The molecule has 0 unspecified atom stereocenters. The smallest absolute Gasteiger partial charge is 0.330 e. The second kappa shape index (κ2) is 8.38. The quantitative estimate of drug-likeness (QED) is 0.753. The van der Waals surface area contributed by atoms with Gasteiger partial charge in [0.25, 0.3) is 0 Å². The number of hydrogen-bond acceptors (Lipinski definition) is 2. The zero-order chi connectivity index (χ0) is 17.5. The molecule has 2 aromatic rings. The first kappa shape index (κ1) is 17.1. The lowest BCUT2D eigenvalue weighted by atomic mass is 9.89. The highest BCUT2D eigenvalue weighted by Gasteiger charge is 2.17. The van der Waals surface area contributed by atoms with Crippen molar-refractivity contribution in [3.8, 4) is 0 Å². The number of nitrogens with two attached hydrogens (primary N) is 1. The van der Waals surface area contributed by atoms with Gasteiger partial charge in [-0.15, -0.1) is 0 Å². The van der Waals surface area contributed by atoms with Crippen LogP contribution in [0.4, 0.5) is 21.9 Å². The van der Waals surface area contributed by atoms with E-state index in [-0.39, 0.29) is 6.03 Å². The van der Waals surface area contributed by atoms with Crippen LogP contribution in [-0.2, 0) is 0 Å². The third-order valence-corrected chi connectivity index (χ3v) is 4.59. The first-order chi connectivity index (χ1) is 12.2. The van der Waals surface area contributed by atoms with Crippen molar-refractivity contribution in [2.45, 2.75) is 32.1 Å². The third kappa shape index (κ3) is 4.63. The van der Waals surface area contributed by atoms with Gasteiger partial charge in [0.05, 0.1) is 11.4 Å². The van der Waals surface area contributed by atoms with E-state index < -0.39 is 0 Å². The Bertz CT molecular complexity index is 704. The fourth-order valence-corrected chi connectivity index (χ4v) is 3.23. The molecule has 1 saturated carbocycles. The van der Waals surface area contributed by atoms with Gasteiger partial charge < -0.3 is 11.1 Å². The second-order valence-electron chi connectivity index (χ2n) is 6.47. The van der Waals surface area contributed by atoms with Gasteiger partial charge in [-0.25, -0.2) is 4.79 Å². The zero-order valence-corrected chi connectivity index (χ0v) is 14.4. The summed E-state index contributed by atoms with van der Waals surface area (Å²) in [6.45, 7) is 0. The fraction of sp³-hybridized carbons (Fsp3) is 0.286. The normalized spacial score (nSPS) is 15.2. The van der Waals surface area contributed by atoms with Gasteiger partial charge >= 0.3 is 6.03 Å². The molecule has 2 aromatic carbocycles. The van der Waals surface area contributed by atoms with Gasteiger partial charge in [-0.2, -0.15) is 0 Å². The number of amides is 2. The number of rotatable bonds is 4. The van der Waals surface area contributed by atoms with Crippen LogP contribution >= 0.6 is 0 Å². The van der Waals surface area contributed by atoms with Crippen molar-refractivity contribution in [2.24, 2.45) is 5.92 Å². The molecule has 4 nitrogen and oxygen atoms in total. The molecule has 3 N–H and O–H groups in total. The molecule has 0 bridgehead atoms. The van der Waals surface area contributed by atoms with Crippen LogP contribution in [0, 0.1) is 5.92 Å². The average Bonchev–Trinajstić information content (AvgIpc) is 2.65. The number of anilines is 3. The molecule has 3 rings (SSSR count). The molecule has 2 amide bonds. The van der Waals surface area contributed by atoms with E-state index in [0.717, 1.165) is 11.4 Å². The zero-order valence-electron chi connectivity index (χ0n) is 14.4. The van der Waals surface area contributed by atoms with E-state index in [2.05, 4.69) is 11.4 Å². The van der Waals surface area contributed by atoms with Crippen molar-refractivity contribution in [3.05, 3.63) is 66.9 Å². The Hall–Kier alpha value is -2.75. The number of nitrogens with zero attached hydrogens (tertiary/aromatic N) is 1. The number of benzene rings is 2. The molecule has 0 aromatic heterocycles. The minimum atomic E-state index is -0.178. The van der Waals surface area contributed by atoms with Crippen molar-refractivity contribution >= 4 is 23.1 Å². The maximum absolute atomic E-state index is 12.8. The number of carbonyl (C=O) groups excluding carboxylic acids is 1. The van der Waals surface area contributed by atoms with E-state index in [1.165, 1.54) is 32.1 Å². The van der Waals surface area contributed by atoms with E-state index in [9.17, 15) is 4.79 Å². The molecule has 0 saturated heterocycles. The van der Waals surface area contributed by atoms with E-state index in [0.29, 0.717) is 11.6 Å². The van der Waals surface area contributed by atoms with E-state index in [1.54, 1.807) is 23.2 Å². The molecule has 0 atom stereocenters. The Kier molecular flexibility index (Phi) is 5.73. The first-order valence-electron chi connectivity index (χ1n) is 8.92. The molecule has 0 aliphatic heterocycles. The number of hydrogen-bond donors (Lipinski definition) is 2. The Morgan fingerprint density at radius 2 is 1.60 bits per heavy atom. The predicted octanol–water partition coefficient (Wildman–Crippen LogP) is 5.21. The first-order valence-corrected chi connectivity index (χ1v) is 8.92. The highest BCUT2D eigenvalue weighted by Crippen LogP contribution is 2.27. The standard InChI is InChI=1S/C21H25N3O/c22-18-11-13-20(14-12-18)24(19-9-5-2-6-10-19)21(25)23-16-15-17-7-3-1-4-8-17/h2,5-6,9-17H,1,3-4,7-8,22H2,(H,23,25)/b16-15+. The summed E-state index contributed by atoms with van der Waals surface area (Å²) >= 11 is 0. The molecule has 0 heterocycles. The topological polar surface area (TPSA) is 58.4 Å². The van der Waals surface area contributed by atoms with Crippen LogP contribution in [0.25, 0.3) is 0 Å². The molecule has 25 heavy (non-hydrogen) atoms. The lowest BCUT2D eigenvalue weighted by molar-refractivity contribution is 0.251. The minimum absolute atomic E-state index is 0.178. The Balaban J connectivity index is 1.75. The van der Waals surface area contributed by atoms with Gasteiger partial charge in [-0.1, -0.05) is 43.5 Å². The number of nitrogens with one attached hydrogen (secondary N) is 1. The van der Waals surface area contributed by atoms with Crippen molar-refractivity contribution in [1.82, 2.24) is 5.32 Å². The lowest BCUT2D eigenvalue weighted by Gasteiger charge is -2.23. The van der Waals surface area contributed by atoms with Crippen LogP contribution in [0.15, 0.2) is 66.9 Å². The molecular weight excluding hydrogens is 310 g/mol. The summed E-state index contributed by atoms with van der Waals surface area (Å²) in [5.74, 6) is 0.579. The van der Waals surface area contributed by atoms with Crippen molar-refractivity contribution in [2.75, 3.05) is 10.6 Å². The monoisotopic (exact) mass is 335 g/mol. The van der Waals surface area contributed by atoms with E-state index in [4.69, 9.17) is 5.73 Å². The fourth-order valence-electron chi connectivity index (χ4n) is 3.23.